The van der Waals surface area contributed by atoms with Gasteiger partial charge in [-0.05, 0) is 48.9 Å². The molecule has 0 aliphatic carbocycles. The largest absolute Gasteiger partial charge is 0.495 e. The average molecular weight is 423 g/mol. The van der Waals surface area contributed by atoms with Crippen LogP contribution in [0, 0.1) is 5.82 Å². The smallest absolute Gasteiger partial charge is 0.306 e. The van der Waals surface area contributed by atoms with E-state index in [9.17, 15) is 18.8 Å². The highest BCUT2D eigenvalue weighted by Gasteiger charge is 2.12. The lowest BCUT2D eigenvalue weighted by Gasteiger charge is -2.11. The Labute approximate surface area is 172 Å². The number of anilines is 2. The number of hydrogen-bond acceptors (Lipinski definition) is 5. The van der Waals surface area contributed by atoms with E-state index in [1.54, 1.807) is 12.1 Å². The van der Waals surface area contributed by atoms with Crippen molar-refractivity contribution in [2.45, 2.75) is 19.3 Å². The highest BCUT2D eigenvalue weighted by Crippen LogP contribution is 2.27. The number of hydrogen-bond donors (Lipinski definition) is 2. The third-order valence-electron chi connectivity index (χ3n) is 3.71. The monoisotopic (exact) mass is 422 g/mol. The summed E-state index contributed by atoms with van der Waals surface area (Å²) in [6.45, 7) is -0.476. The summed E-state index contributed by atoms with van der Waals surface area (Å²) in [5.74, 6) is -1.44. The van der Waals surface area contributed by atoms with Crippen LogP contribution in [-0.2, 0) is 19.1 Å². The number of benzene rings is 2. The molecule has 0 heterocycles. The number of carbonyl (C=O) groups is 3. The first-order valence-electron chi connectivity index (χ1n) is 8.72. The molecule has 0 saturated carbocycles. The zero-order valence-corrected chi connectivity index (χ0v) is 16.4. The quantitative estimate of drug-likeness (QED) is 0.600. The van der Waals surface area contributed by atoms with Gasteiger partial charge in [0.05, 0.1) is 12.8 Å². The van der Waals surface area contributed by atoms with Crippen molar-refractivity contribution >= 4 is 40.8 Å². The number of ether oxygens (including phenoxy) is 2. The number of rotatable bonds is 9. The first-order chi connectivity index (χ1) is 13.9. The van der Waals surface area contributed by atoms with Gasteiger partial charge >= 0.3 is 5.97 Å². The molecule has 0 atom stereocenters. The molecule has 2 rings (SSSR count). The minimum Gasteiger partial charge on any atom is -0.495 e. The molecule has 0 aliphatic rings. The molecule has 0 aliphatic heterocycles. The Balaban J connectivity index is 1.67. The molecular weight excluding hydrogens is 403 g/mol. The van der Waals surface area contributed by atoms with Crippen molar-refractivity contribution < 1.29 is 28.2 Å². The van der Waals surface area contributed by atoms with Gasteiger partial charge in [0.15, 0.2) is 6.61 Å². The molecule has 0 radical (unpaired) electrons. The molecule has 154 valence electrons. The normalized spacial score (nSPS) is 10.2. The van der Waals surface area contributed by atoms with Crippen molar-refractivity contribution in [2.75, 3.05) is 24.4 Å². The predicted octanol–water partition coefficient (Wildman–Crippen LogP) is 3.78. The van der Waals surface area contributed by atoms with Crippen molar-refractivity contribution in [1.29, 1.82) is 0 Å². The van der Waals surface area contributed by atoms with Crippen LogP contribution >= 0.6 is 11.6 Å². The second-order valence-corrected chi connectivity index (χ2v) is 6.40. The van der Waals surface area contributed by atoms with Crippen LogP contribution in [0.5, 0.6) is 5.75 Å². The number of amides is 2. The molecular formula is C20H20ClFN2O5. The molecule has 2 aromatic rings. The number of methoxy groups -OCH3 is 1. The van der Waals surface area contributed by atoms with Gasteiger partial charge in [0.2, 0.25) is 5.91 Å². The first-order valence-corrected chi connectivity index (χ1v) is 9.09. The van der Waals surface area contributed by atoms with E-state index < -0.39 is 24.3 Å². The predicted molar refractivity (Wildman–Crippen MR) is 106 cm³/mol. The fraction of sp³-hybridized carbons (Fsp3) is 0.250. The molecule has 0 saturated heterocycles. The van der Waals surface area contributed by atoms with Crippen LogP contribution in [0.4, 0.5) is 15.8 Å². The maximum Gasteiger partial charge on any atom is 0.306 e. The summed E-state index contributed by atoms with van der Waals surface area (Å²) in [6.07, 6.45) is 0.304. The Morgan fingerprint density at radius 1 is 1.00 bits per heavy atom. The lowest BCUT2D eigenvalue weighted by molar-refractivity contribution is -0.147. The third kappa shape index (κ3) is 7.79. The van der Waals surface area contributed by atoms with E-state index >= 15 is 0 Å². The standard InChI is InChI=1S/C20H20ClFN2O5/c1-28-17-10-5-13(21)11-16(17)24-19(26)12-29-20(27)4-2-3-18(25)23-15-8-6-14(22)7-9-15/h5-11H,2-4,12H2,1H3,(H,23,25)(H,24,26). The van der Waals surface area contributed by atoms with Gasteiger partial charge in [0.25, 0.3) is 5.91 Å². The first kappa shape index (κ1) is 22.2. The van der Waals surface area contributed by atoms with E-state index in [1.165, 1.54) is 37.4 Å². The Morgan fingerprint density at radius 2 is 1.72 bits per heavy atom. The molecule has 0 bridgehead atoms. The zero-order valence-electron chi connectivity index (χ0n) is 15.7. The van der Waals surface area contributed by atoms with Crippen LogP contribution in [0.15, 0.2) is 42.5 Å². The van der Waals surface area contributed by atoms with Crippen LogP contribution in [0.3, 0.4) is 0 Å². The molecule has 0 spiro atoms. The summed E-state index contributed by atoms with van der Waals surface area (Å²) < 4.78 is 22.8. The van der Waals surface area contributed by atoms with Gasteiger partial charge in [0, 0.05) is 23.6 Å². The number of esters is 1. The van der Waals surface area contributed by atoms with Crippen molar-refractivity contribution in [3.63, 3.8) is 0 Å². The summed E-state index contributed by atoms with van der Waals surface area (Å²) in [4.78, 5) is 35.5. The van der Waals surface area contributed by atoms with E-state index in [2.05, 4.69) is 10.6 Å². The van der Waals surface area contributed by atoms with Gasteiger partial charge in [-0.15, -0.1) is 0 Å². The van der Waals surface area contributed by atoms with Crippen LogP contribution in [-0.4, -0.2) is 31.5 Å². The fourth-order valence-corrected chi connectivity index (χ4v) is 2.50. The van der Waals surface area contributed by atoms with Crippen LogP contribution in [0.25, 0.3) is 0 Å². The van der Waals surface area contributed by atoms with Crippen molar-refractivity contribution in [1.82, 2.24) is 0 Å². The summed E-state index contributed by atoms with van der Waals surface area (Å²) in [7, 11) is 1.45. The molecule has 7 nitrogen and oxygen atoms in total. The van der Waals surface area contributed by atoms with Gasteiger partial charge in [-0.2, -0.15) is 0 Å². The molecule has 9 heteroatoms. The van der Waals surface area contributed by atoms with Gasteiger partial charge in [-0.1, -0.05) is 11.6 Å². The van der Waals surface area contributed by atoms with E-state index in [0.29, 0.717) is 22.1 Å². The maximum absolute atomic E-state index is 12.8. The molecule has 29 heavy (non-hydrogen) atoms. The third-order valence-corrected chi connectivity index (χ3v) is 3.95. The fourth-order valence-electron chi connectivity index (χ4n) is 2.33. The number of halogens is 2. The molecule has 0 fully saturated rings. The van der Waals surface area contributed by atoms with E-state index in [0.717, 1.165) is 0 Å². The summed E-state index contributed by atoms with van der Waals surface area (Å²) >= 11 is 5.88. The summed E-state index contributed by atoms with van der Waals surface area (Å²) in [5, 5.41) is 5.55. The highest BCUT2D eigenvalue weighted by atomic mass is 35.5. The van der Waals surface area contributed by atoms with Crippen molar-refractivity contribution in [3.8, 4) is 5.75 Å². The van der Waals surface area contributed by atoms with E-state index in [-0.39, 0.29) is 25.2 Å². The minimum absolute atomic E-state index is 0.0232. The Hall–Kier alpha value is -3.13. The Kier molecular flexibility index (Phi) is 8.42. The number of nitrogens with one attached hydrogen (secondary N) is 2. The minimum atomic E-state index is -0.604. The van der Waals surface area contributed by atoms with Gasteiger partial charge < -0.3 is 20.1 Å². The lowest BCUT2D eigenvalue weighted by Crippen LogP contribution is -2.21. The van der Waals surface area contributed by atoms with Crippen LogP contribution in [0.2, 0.25) is 5.02 Å². The topological polar surface area (TPSA) is 93.7 Å². The molecule has 2 N–H and O–H groups in total. The van der Waals surface area contributed by atoms with Gasteiger partial charge in [-0.3, -0.25) is 14.4 Å². The average Bonchev–Trinajstić information content (AvgIpc) is 2.68. The zero-order chi connectivity index (χ0) is 21.2. The molecule has 2 aromatic carbocycles. The second kappa shape index (κ2) is 11.0. The van der Waals surface area contributed by atoms with E-state index in [4.69, 9.17) is 21.1 Å². The molecule has 0 unspecified atom stereocenters. The van der Waals surface area contributed by atoms with Crippen molar-refractivity contribution in [3.05, 3.63) is 53.3 Å². The Bertz CT molecular complexity index is 874. The van der Waals surface area contributed by atoms with E-state index in [1.807, 2.05) is 0 Å². The molecule has 2 amide bonds. The summed E-state index contributed by atoms with van der Waals surface area (Å²) in [5.41, 5.74) is 0.825. The van der Waals surface area contributed by atoms with Gasteiger partial charge in [0.1, 0.15) is 11.6 Å². The summed E-state index contributed by atoms with van der Waals surface area (Å²) in [6, 6.07) is 10.1. The second-order valence-electron chi connectivity index (χ2n) is 5.96. The van der Waals surface area contributed by atoms with Gasteiger partial charge in [-0.25, -0.2) is 4.39 Å². The highest BCUT2D eigenvalue weighted by molar-refractivity contribution is 6.31. The lowest BCUT2D eigenvalue weighted by atomic mass is 10.2. The van der Waals surface area contributed by atoms with Crippen LogP contribution < -0.4 is 15.4 Å². The Morgan fingerprint density at radius 3 is 2.41 bits per heavy atom. The molecule has 0 aromatic heterocycles. The van der Waals surface area contributed by atoms with Crippen molar-refractivity contribution in [2.24, 2.45) is 0 Å². The maximum atomic E-state index is 12.8. The number of carbonyl (C=O) groups excluding carboxylic acids is 3. The van der Waals surface area contributed by atoms with Crippen LogP contribution in [0.1, 0.15) is 19.3 Å². The SMILES string of the molecule is COc1ccc(Cl)cc1NC(=O)COC(=O)CCCC(=O)Nc1ccc(F)cc1.